The van der Waals surface area contributed by atoms with Gasteiger partial charge in [-0.1, -0.05) is 0 Å². The van der Waals surface area contributed by atoms with Crippen LogP contribution in [0.15, 0.2) is 0 Å². The van der Waals surface area contributed by atoms with Crippen molar-refractivity contribution in [1.82, 2.24) is 10.0 Å². The summed E-state index contributed by atoms with van der Waals surface area (Å²) >= 11 is 0. The molecule has 3 atom stereocenters. The zero-order valence-electron chi connectivity index (χ0n) is 9.93. The molecule has 0 radical (unpaired) electrons. The molecular weight excluding hydrogens is 244 g/mol. The van der Waals surface area contributed by atoms with E-state index in [0.717, 1.165) is 18.7 Å². The lowest BCUT2D eigenvalue weighted by Gasteiger charge is -2.18. The molecule has 1 aliphatic heterocycles. The van der Waals surface area contributed by atoms with Crippen LogP contribution in [0, 0.1) is 5.92 Å². The zero-order chi connectivity index (χ0) is 12.5. The van der Waals surface area contributed by atoms with Gasteiger partial charge in [-0.05, 0) is 25.3 Å². The Balaban J connectivity index is 1.73. The van der Waals surface area contributed by atoms with Crippen LogP contribution in [0.5, 0.6) is 0 Å². The van der Waals surface area contributed by atoms with Gasteiger partial charge in [0.2, 0.25) is 10.0 Å². The second kappa shape index (κ2) is 5.19. The van der Waals surface area contributed by atoms with E-state index < -0.39 is 22.2 Å². The van der Waals surface area contributed by atoms with E-state index in [1.165, 1.54) is 12.8 Å². The predicted octanol–water partition coefficient (Wildman–Crippen LogP) is -1.34. The lowest BCUT2D eigenvalue weighted by Crippen LogP contribution is -2.45. The SMILES string of the molecule is CS(=O)(=O)NCC1OCC(NCC2CC2)C1O. The van der Waals surface area contributed by atoms with E-state index in [1.54, 1.807) is 0 Å². The molecule has 0 aromatic rings. The summed E-state index contributed by atoms with van der Waals surface area (Å²) in [4.78, 5) is 0. The molecule has 3 N–H and O–H groups in total. The summed E-state index contributed by atoms with van der Waals surface area (Å²) in [6.07, 6.45) is 2.51. The molecule has 1 saturated carbocycles. The molecule has 1 heterocycles. The van der Waals surface area contributed by atoms with Crippen molar-refractivity contribution in [3.05, 3.63) is 0 Å². The molecule has 0 bridgehead atoms. The maximum absolute atomic E-state index is 10.9. The Morgan fingerprint density at radius 1 is 1.35 bits per heavy atom. The summed E-state index contributed by atoms with van der Waals surface area (Å²) in [7, 11) is -3.23. The van der Waals surface area contributed by atoms with E-state index in [4.69, 9.17) is 4.74 Å². The van der Waals surface area contributed by atoms with Crippen LogP contribution >= 0.6 is 0 Å². The van der Waals surface area contributed by atoms with E-state index in [9.17, 15) is 13.5 Å². The molecule has 0 spiro atoms. The third-order valence-electron chi connectivity index (χ3n) is 3.20. The van der Waals surface area contributed by atoms with Crippen molar-refractivity contribution in [2.24, 2.45) is 5.92 Å². The number of hydrogen-bond acceptors (Lipinski definition) is 5. The fourth-order valence-corrected chi connectivity index (χ4v) is 2.38. The minimum atomic E-state index is -3.23. The van der Waals surface area contributed by atoms with Crippen molar-refractivity contribution >= 4 is 10.0 Å². The summed E-state index contributed by atoms with van der Waals surface area (Å²) in [5.41, 5.74) is 0. The first-order valence-electron chi connectivity index (χ1n) is 5.93. The third kappa shape index (κ3) is 4.18. The van der Waals surface area contributed by atoms with Gasteiger partial charge >= 0.3 is 0 Å². The average Bonchev–Trinajstić information content (AvgIpc) is 2.98. The monoisotopic (exact) mass is 264 g/mol. The van der Waals surface area contributed by atoms with Crippen molar-refractivity contribution in [2.45, 2.75) is 31.1 Å². The molecule has 17 heavy (non-hydrogen) atoms. The van der Waals surface area contributed by atoms with Gasteiger partial charge in [-0.15, -0.1) is 0 Å². The largest absolute Gasteiger partial charge is 0.389 e. The molecule has 6 nitrogen and oxygen atoms in total. The second-order valence-corrected chi connectivity index (χ2v) is 6.77. The fourth-order valence-electron chi connectivity index (χ4n) is 1.92. The normalized spacial score (nSPS) is 34.1. The Morgan fingerprint density at radius 3 is 2.65 bits per heavy atom. The topological polar surface area (TPSA) is 87.7 Å². The van der Waals surface area contributed by atoms with Gasteiger partial charge in [0.15, 0.2) is 0 Å². The highest BCUT2D eigenvalue weighted by atomic mass is 32.2. The Bertz CT molecular complexity index is 355. The van der Waals surface area contributed by atoms with E-state index in [0.29, 0.717) is 6.61 Å². The van der Waals surface area contributed by atoms with Gasteiger partial charge in [0.1, 0.15) is 0 Å². The molecule has 2 aliphatic rings. The molecule has 1 saturated heterocycles. The molecule has 2 fully saturated rings. The first-order chi connectivity index (χ1) is 7.96. The van der Waals surface area contributed by atoms with Crippen molar-refractivity contribution < 1.29 is 18.3 Å². The van der Waals surface area contributed by atoms with Crippen molar-refractivity contribution in [3.8, 4) is 0 Å². The van der Waals surface area contributed by atoms with E-state index in [-0.39, 0.29) is 12.6 Å². The van der Waals surface area contributed by atoms with E-state index in [2.05, 4.69) is 10.0 Å². The van der Waals surface area contributed by atoms with Crippen LogP contribution < -0.4 is 10.0 Å². The van der Waals surface area contributed by atoms with Crippen LogP contribution in [-0.2, 0) is 14.8 Å². The van der Waals surface area contributed by atoms with Gasteiger partial charge in [0.05, 0.1) is 31.1 Å². The number of hydrogen-bond donors (Lipinski definition) is 3. The molecule has 0 aromatic carbocycles. The van der Waals surface area contributed by atoms with Crippen LogP contribution in [-0.4, -0.2) is 57.7 Å². The van der Waals surface area contributed by atoms with Crippen LogP contribution in [0.3, 0.4) is 0 Å². The highest BCUT2D eigenvalue weighted by molar-refractivity contribution is 7.88. The average molecular weight is 264 g/mol. The molecule has 0 aromatic heterocycles. The molecule has 1 aliphatic carbocycles. The van der Waals surface area contributed by atoms with Gasteiger partial charge in [-0.2, -0.15) is 0 Å². The predicted molar refractivity (Wildman–Crippen MR) is 63.1 cm³/mol. The lowest BCUT2D eigenvalue weighted by atomic mass is 10.1. The van der Waals surface area contributed by atoms with Gasteiger partial charge < -0.3 is 15.2 Å². The highest BCUT2D eigenvalue weighted by Gasteiger charge is 2.36. The molecule has 3 unspecified atom stereocenters. The van der Waals surface area contributed by atoms with Crippen molar-refractivity contribution in [2.75, 3.05) is 26.0 Å². The number of ether oxygens (including phenoxy) is 1. The number of sulfonamides is 1. The first kappa shape index (κ1) is 13.2. The van der Waals surface area contributed by atoms with E-state index >= 15 is 0 Å². The summed E-state index contributed by atoms with van der Waals surface area (Å²) in [5.74, 6) is 0.746. The lowest BCUT2D eigenvalue weighted by molar-refractivity contribution is 0.0444. The van der Waals surface area contributed by atoms with Gasteiger partial charge in [0, 0.05) is 6.54 Å². The Labute approximate surface area is 102 Å². The quantitative estimate of drug-likeness (QED) is 0.553. The van der Waals surface area contributed by atoms with E-state index in [1.807, 2.05) is 0 Å². The Morgan fingerprint density at radius 2 is 2.06 bits per heavy atom. The summed E-state index contributed by atoms with van der Waals surface area (Å²) in [6.45, 7) is 1.48. The highest BCUT2D eigenvalue weighted by Crippen LogP contribution is 2.28. The minimum Gasteiger partial charge on any atom is -0.389 e. The maximum atomic E-state index is 10.9. The standard InChI is InChI=1S/C10H20N2O4S/c1-17(14,15)12-5-9-10(13)8(6-16-9)11-4-7-2-3-7/h7-13H,2-6H2,1H3. The number of aliphatic hydroxyl groups is 1. The number of nitrogens with one attached hydrogen (secondary N) is 2. The smallest absolute Gasteiger partial charge is 0.208 e. The summed E-state index contributed by atoms with van der Waals surface area (Å²) in [5, 5.41) is 13.2. The Hall–Kier alpha value is -0.210. The molecule has 2 rings (SSSR count). The molecule has 7 heteroatoms. The van der Waals surface area contributed by atoms with Crippen LogP contribution in [0.2, 0.25) is 0 Å². The van der Waals surface area contributed by atoms with Crippen LogP contribution in [0.1, 0.15) is 12.8 Å². The third-order valence-corrected chi connectivity index (χ3v) is 3.89. The van der Waals surface area contributed by atoms with Gasteiger partial charge in [-0.3, -0.25) is 0 Å². The molecule has 0 amide bonds. The van der Waals surface area contributed by atoms with Gasteiger partial charge in [0.25, 0.3) is 0 Å². The summed E-state index contributed by atoms with van der Waals surface area (Å²) < 4.78 is 29.6. The van der Waals surface area contributed by atoms with Crippen LogP contribution in [0.4, 0.5) is 0 Å². The zero-order valence-corrected chi connectivity index (χ0v) is 10.7. The molecular formula is C10H20N2O4S. The van der Waals surface area contributed by atoms with Gasteiger partial charge in [-0.25, -0.2) is 13.1 Å². The second-order valence-electron chi connectivity index (χ2n) is 4.94. The number of aliphatic hydroxyl groups excluding tert-OH is 1. The van der Waals surface area contributed by atoms with Crippen molar-refractivity contribution in [3.63, 3.8) is 0 Å². The Kier molecular flexibility index (Phi) is 4.04. The maximum Gasteiger partial charge on any atom is 0.208 e. The van der Waals surface area contributed by atoms with Crippen LogP contribution in [0.25, 0.3) is 0 Å². The first-order valence-corrected chi connectivity index (χ1v) is 7.82. The minimum absolute atomic E-state index is 0.0815. The van der Waals surface area contributed by atoms with Crippen molar-refractivity contribution in [1.29, 1.82) is 0 Å². The fraction of sp³-hybridized carbons (Fsp3) is 1.00. The number of rotatable bonds is 6. The molecule has 100 valence electrons. The summed E-state index contributed by atoms with van der Waals surface area (Å²) in [6, 6.07) is -0.0815.